The summed E-state index contributed by atoms with van der Waals surface area (Å²) >= 11 is 6.17. The number of allylic oxidation sites excluding steroid dienone is 5. The highest BCUT2D eigenvalue weighted by molar-refractivity contribution is 6.30. The third-order valence-electron chi connectivity index (χ3n) is 3.00. The van der Waals surface area contributed by atoms with E-state index >= 15 is 0 Å². The molecule has 0 atom stereocenters. The van der Waals surface area contributed by atoms with E-state index in [9.17, 15) is 0 Å². The molecule has 1 aromatic carbocycles. The smallest absolute Gasteiger partial charge is 0.149 e. The first-order valence-electron chi connectivity index (χ1n) is 6.76. The molecule has 0 aliphatic carbocycles. The van der Waals surface area contributed by atoms with Crippen LogP contribution in [0.15, 0.2) is 67.3 Å². The Balaban J connectivity index is 2.37. The molecule has 0 amide bonds. The molecule has 0 spiro atoms. The Morgan fingerprint density at radius 2 is 2.00 bits per heavy atom. The topological polar surface area (TPSA) is 25.8 Å². The second-order valence-electron chi connectivity index (χ2n) is 4.57. The van der Waals surface area contributed by atoms with E-state index in [0.717, 1.165) is 23.3 Å². The summed E-state index contributed by atoms with van der Waals surface area (Å²) in [5, 5.41) is 8.68. The van der Waals surface area contributed by atoms with Crippen LogP contribution in [0.4, 0.5) is 0 Å². The molecule has 0 fully saturated rings. The second kappa shape index (κ2) is 7.55. The highest BCUT2D eigenvalue weighted by Crippen LogP contribution is 2.21. The largest absolute Gasteiger partial charge is 0.155 e. The zero-order chi connectivity index (χ0) is 15.1. The Bertz CT molecular complexity index is 673. The number of nitrogens with zero attached hydrogens (tertiary/aromatic N) is 2. The van der Waals surface area contributed by atoms with Crippen molar-refractivity contribution in [2.45, 2.75) is 13.3 Å². The molecule has 1 heterocycles. The average Bonchev–Trinajstić information content (AvgIpc) is 2.50. The van der Waals surface area contributed by atoms with Gasteiger partial charge in [0.1, 0.15) is 0 Å². The third-order valence-corrected chi connectivity index (χ3v) is 3.32. The van der Waals surface area contributed by atoms with Crippen molar-refractivity contribution in [2.24, 2.45) is 0 Å². The maximum absolute atomic E-state index is 6.17. The molecule has 0 bridgehead atoms. The predicted octanol–water partition coefficient (Wildman–Crippen LogP) is 4.87. The van der Waals surface area contributed by atoms with E-state index < -0.39 is 0 Å². The number of halogens is 1. The SMILES string of the molecule is C=C/C=C(\C=C/C)c1cc(Cc2ccccc2)c(Cl)nn1. The molecular formula is C18H17ClN2. The Morgan fingerprint density at radius 1 is 1.24 bits per heavy atom. The van der Waals surface area contributed by atoms with Gasteiger partial charge in [0, 0.05) is 12.0 Å². The van der Waals surface area contributed by atoms with Crippen LogP contribution in [0, 0.1) is 0 Å². The van der Waals surface area contributed by atoms with Gasteiger partial charge in [-0.3, -0.25) is 0 Å². The van der Waals surface area contributed by atoms with Gasteiger partial charge in [-0.25, -0.2) is 0 Å². The molecule has 1 aromatic heterocycles. The molecular weight excluding hydrogens is 280 g/mol. The van der Waals surface area contributed by atoms with Crippen molar-refractivity contribution in [1.82, 2.24) is 10.2 Å². The van der Waals surface area contributed by atoms with E-state index in [0.29, 0.717) is 5.15 Å². The van der Waals surface area contributed by atoms with Gasteiger partial charge >= 0.3 is 0 Å². The van der Waals surface area contributed by atoms with Gasteiger partial charge in [0.2, 0.25) is 0 Å². The molecule has 0 radical (unpaired) electrons. The van der Waals surface area contributed by atoms with Crippen LogP contribution in [-0.2, 0) is 6.42 Å². The summed E-state index contributed by atoms with van der Waals surface area (Å²) in [7, 11) is 0. The predicted molar refractivity (Wildman–Crippen MR) is 89.3 cm³/mol. The maximum atomic E-state index is 6.17. The van der Waals surface area contributed by atoms with Crippen LogP contribution < -0.4 is 0 Å². The molecule has 21 heavy (non-hydrogen) atoms. The number of benzene rings is 1. The van der Waals surface area contributed by atoms with Crippen LogP contribution in [0.3, 0.4) is 0 Å². The van der Waals surface area contributed by atoms with E-state index in [4.69, 9.17) is 11.6 Å². The summed E-state index contributed by atoms with van der Waals surface area (Å²) in [4.78, 5) is 0. The Hall–Kier alpha value is -2.19. The fourth-order valence-electron chi connectivity index (χ4n) is 2.03. The Morgan fingerprint density at radius 3 is 2.67 bits per heavy atom. The van der Waals surface area contributed by atoms with Crippen LogP contribution in [0.1, 0.15) is 23.7 Å². The molecule has 2 nitrogen and oxygen atoms in total. The second-order valence-corrected chi connectivity index (χ2v) is 4.92. The van der Waals surface area contributed by atoms with Gasteiger partial charge in [-0.15, -0.1) is 10.2 Å². The molecule has 0 saturated carbocycles. The highest BCUT2D eigenvalue weighted by Gasteiger charge is 2.08. The van der Waals surface area contributed by atoms with Gasteiger partial charge in [-0.2, -0.15) is 0 Å². The van der Waals surface area contributed by atoms with Crippen molar-refractivity contribution in [3.8, 4) is 0 Å². The van der Waals surface area contributed by atoms with Crippen LogP contribution in [0.5, 0.6) is 0 Å². The quantitative estimate of drug-likeness (QED) is 0.736. The van der Waals surface area contributed by atoms with Gasteiger partial charge in [0.05, 0.1) is 5.69 Å². The van der Waals surface area contributed by atoms with Gasteiger partial charge in [-0.1, -0.05) is 72.8 Å². The van der Waals surface area contributed by atoms with Crippen molar-refractivity contribution in [1.29, 1.82) is 0 Å². The number of rotatable bonds is 5. The summed E-state index contributed by atoms with van der Waals surface area (Å²) < 4.78 is 0. The fraction of sp³-hybridized carbons (Fsp3) is 0.111. The van der Waals surface area contributed by atoms with Crippen LogP contribution >= 0.6 is 11.6 Å². The first kappa shape index (κ1) is 15.2. The van der Waals surface area contributed by atoms with E-state index in [1.165, 1.54) is 5.56 Å². The zero-order valence-electron chi connectivity index (χ0n) is 12.0. The van der Waals surface area contributed by atoms with Crippen molar-refractivity contribution >= 4 is 17.2 Å². The van der Waals surface area contributed by atoms with Crippen molar-refractivity contribution < 1.29 is 0 Å². The molecule has 2 rings (SSSR count). The molecule has 0 N–H and O–H groups in total. The number of hydrogen-bond donors (Lipinski definition) is 0. The molecule has 2 aromatic rings. The van der Waals surface area contributed by atoms with E-state index in [1.54, 1.807) is 6.08 Å². The third kappa shape index (κ3) is 4.14. The van der Waals surface area contributed by atoms with Gasteiger partial charge in [0.15, 0.2) is 5.15 Å². The average molecular weight is 297 g/mol. The minimum Gasteiger partial charge on any atom is -0.149 e. The first-order chi connectivity index (χ1) is 10.2. The monoisotopic (exact) mass is 296 g/mol. The van der Waals surface area contributed by atoms with Crippen molar-refractivity contribution in [2.75, 3.05) is 0 Å². The highest BCUT2D eigenvalue weighted by atomic mass is 35.5. The molecule has 0 saturated heterocycles. The van der Waals surface area contributed by atoms with Crippen molar-refractivity contribution in [3.63, 3.8) is 0 Å². The summed E-state index contributed by atoms with van der Waals surface area (Å²) in [5.41, 5.74) is 3.92. The number of aromatic nitrogens is 2. The maximum Gasteiger partial charge on any atom is 0.155 e. The molecule has 0 aliphatic heterocycles. The normalized spacial score (nSPS) is 11.8. The van der Waals surface area contributed by atoms with Crippen LogP contribution in [0.25, 0.3) is 5.57 Å². The lowest BCUT2D eigenvalue weighted by molar-refractivity contribution is 0.979. The minimum atomic E-state index is 0.445. The zero-order valence-corrected chi connectivity index (χ0v) is 12.7. The summed E-state index contributed by atoms with van der Waals surface area (Å²) in [6.45, 7) is 5.69. The van der Waals surface area contributed by atoms with E-state index in [-0.39, 0.29) is 0 Å². The van der Waals surface area contributed by atoms with E-state index in [2.05, 4.69) is 28.9 Å². The lowest BCUT2D eigenvalue weighted by atomic mass is 10.0. The first-order valence-corrected chi connectivity index (χ1v) is 7.14. The minimum absolute atomic E-state index is 0.445. The molecule has 0 aliphatic rings. The lowest BCUT2D eigenvalue weighted by Gasteiger charge is -2.07. The molecule has 0 unspecified atom stereocenters. The van der Waals surface area contributed by atoms with Gasteiger partial charge in [0.25, 0.3) is 0 Å². The van der Waals surface area contributed by atoms with Crippen molar-refractivity contribution in [3.05, 3.63) is 89.3 Å². The molecule has 106 valence electrons. The Kier molecular flexibility index (Phi) is 5.47. The number of hydrogen-bond acceptors (Lipinski definition) is 2. The van der Waals surface area contributed by atoms with Crippen LogP contribution in [0.2, 0.25) is 5.15 Å². The van der Waals surface area contributed by atoms with E-state index in [1.807, 2.05) is 49.4 Å². The summed E-state index contributed by atoms with van der Waals surface area (Å²) in [6, 6.07) is 12.2. The fourth-order valence-corrected chi connectivity index (χ4v) is 2.19. The standard InChI is InChI=1S/C18H17ClN2/c1-3-8-15(9-4-2)17-13-16(18(19)21-20-17)12-14-10-6-5-7-11-14/h3-11,13H,1,12H2,2H3/b9-4-,15-8+. The Labute approximate surface area is 130 Å². The van der Waals surface area contributed by atoms with Gasteiger partial charge in [-0.05, 0) is 24.1 Å². The summed E-state index contributed by atoms with van der Waals surface area (Å²) in [5.74, 6) is 0. The summed E-state index contributed by atoms with van der Waals surface area (Å²) in [6.07, 6.45) is 8.32. The lowest BCUT2D eigenvalue weighted by Crippen LogP contribution is -1.98. The molecule has 3 heteroatoms. The van der Waals surface area contributed by atoms with Gasteiger partial charge < -0.3 is 0 Å². The van der Waals surface area contributed by atoms with Crippen LogP contribution in [-0.4, -0.2) is 10.2 Å².